The second-order valence-electron chi connectivity index (χ2n) is 5.83. The molecular weight excluding hydrogens is 413 g/mol. The topological polar surface area (TPSA) is 148 Å². The molecule has 0 fully saturated rings. The molecule has 13 heteroatoms. The summed E-state index contributed by atoms with van der Waals surface area (Å²) in [5.41, 5.74) is -7.92. The number of aromatic amines is 2. The normalized spacial score (nSPS) is 11.5. The lowest BCUT2D eigenvalue weighted by Crippen LogP contribution is -2.26. The highest BCUT2D eigenvalue weighted by Crippen LogP contribution is 2.41. The number of pyridine rings is 1. The van der Waals surface area contributed by atoms with Crippen molar-refractivity contribution in [3.8, 4) is 11.1 Å². The molecule has 0 bridgehead atoms. The number of nitrogens with zero attached hydrogens (tertiary/aromatic N) is 2. The number of aromatic nitrogens is 3. The summed E-state index contributed by atoms with van der Waals surface area (Å²) in [6.45, 7) is 1.03. The van der Waals surface area contributed by atoms with Crippen LogP contribution in [0, 0.1) is 10.1 Å². The molecule has 0 aliphatic carbocycles. The van der Waals surface area contributed by atoms with Gasteiger partial charge in [0.25, 0.3) is 11.2 Å². The van der Waals surface area contributed by atoms with E-state index in [2.05, 4.69) is 4.98 Å². The molecule has 0 amide bonds. The van der Waals surface area contributed by atoms with Crippen molar-refractivity contribution in [2.45, 2.75) is 13.1 Å². The molecule has 2 N–H and O–H groups in total. The first-order valence-electron chi connectivity index (χ1n) is 8.24. The van der Waals surface area contributed by atoms with Gasteiger partial charge in [-0.05, 0) is 13.0 Å². The number of fused-ring (bicyclic) bond motifs is 1. The van der Waals surface area contributed by atoms with E-state index >= 15 is 0 Å². The van der Waals surface area contributed by atoms with Crippen molar-refractivity contribution in [2.24, 2.45) is 0 Å². The van der Waals surface area contributed by atoms with Crippen LogP contribution in [0.15, 0.2) is 33.9 Å². The molecule has 0 unspecified atom stereocenters. The molecule has 2 heterocycles. The van der Waals surface area contributed by atoms with Gasteiger partial charge in [-0.2, -0.15) is 13.2 Å². The molecule has 3 rings (SSSR count). The summed E-state index contributed by atoms with van der Waals surface area (Å²) in [5.74, 6) is -1.49. The van der Waals surface area contributed by atoms with Crippen molar-refractivity contribution in [1.29, 1.82) is 0 Å². The van der Waals surface area contributed by atoms with E-state index in [4.69, 9.17) is 4.74 Å². The number of nitrogens with one attached hydrogen (secondary N) is 2. The van der Waals surface area contributed by atoms with E-state index in [1.165, 1.54) is 19.1 Å². The lowest BCUT2D eigenvalue weighted by molar-refractivity contribution is -0.384. The van der Waals surface area contributed by atoms with E-state index in [1.807, 2.05) is 9.97 Å². The van der Waals surface area contributed by atoms with Crippen LogP contribution in [-0.4, -0.2) is 32.5 Å². The molecule has 3 aromatic rings. The molecule has 0 saturated carbocycles. The van der Waals surface area contributed by atoms with Gasteiger partial charge in [-0.3, -0.25) is 24.9 Å². The highest BCUT2D eigenvalue weighted by atomic mass is 19.4. The summed E-state index contributed by atoms with van der Waals surface area (Å²) in [7, 11) is 0. The van der Waals surface area contributed by atoms with Crippen LogP contribution in [0.3, 0.4) is 0 Å². The Kier molecular flexibility index (Phi) is 5.12. The first-order valence-corrected chi connectivity index (χ1v) is 8.24. The second-order valence-corrected chi connectivity index (χ2v) is 5.83. The molecule has 0 spiro atoms. The number of ether oxygens (including phenoxy) is 1. The Morgan fingerprint density at radius 2 is 1.90 bits per heavy atom. The Balaban J connectivity index is 2.67. The number of carbonyl (C=O) groups is 1. The number of para-hydroxylation sites is 1. The van der Waals surface area contributed by atoms with Crippen LogP contribution in [-0.2, 0) is 10.9 Å². The van der Waals surface area contributed by atoms with Crippen molar-refractivity contribution in [1.82, 2.24) is 15.0 Å². The monoisotopic (exact) mass is 424 g/mol. The number of hydrogen-bond donors (Lipinski definition) is 2. The zero-order chi connectivity index (χ0) is 22.2. The van der Waals surface area contributed by atoms with Crippen LogP contribution in [0.25, 0.3) is 22.2 Å². The fourth-order valence-electron chi connectivity index (χ4n) is 2.92. The maximum Gasteiger partial charge on any atom is 0.434 e. The van der Waals surface area contributed by atoms with Gasteiger partial charge in [0.05, 0.1) is 28.0 Å². The number of carbonyl (C=O) groups excluding carboxylic acids is 1. The Morgan fingerprint density at radius 3 is 2.50 bits per heavy atom. The van der Waals surface area contributed by atoms with E-state index in [0.29, 0.717) is 0 Å². The zero-order valence-electron chi connectivity index (χ0n) is 15.0. The van der Waals surface area contributed by atoms with Crippen LogP contribution in [0.4, 0.5) is 18.9 Å². The molecule has 1 aromatic carbocycles. The fourth-order valence-corrected chi connectivity index (χ4v) is 2.92. The first-order chi connectivity index (χ1) is 14.1. The van der Waals surface area contributed by atoms with Crippen LogP contribution in [0.5, 0.6) is 0 Å². The van der Waals surface area contributed by atoms with Crippen LogP contribution >= 0.6 is 0 Å². The van der Waals surface area contributed by atoms with Gasteiger partial charge in [-0.15, -0.1) is 0 Å². The summed E-state index contributed by atoms with van der Waals surface area (Å²) in [5, 5.41) is 10.8. The highest BCUT2D eigenvalue weighted by molar-refractivity contribution is 6.08. The number of rotatable bonds is 4. The van der Waals surface area contributed by atoms with E-state index in [9.17, 15) is 37.7 Å². The van der Waals surface area contributed by atoms with Gasteiger partial charge in [-0.1, -0.05) is 12.1 Å². The highest BCUT2D eigenvalue weighted by Gasteiger charge is 2.42. The number of alkyl halides is 3. The average Bonchev–Trinajstić information content (AvgIpc) is 2.65. The van der Waals surface area contributed by atoms with Crippen molar-refractivity contribution in [3.63, 3.8) is 0 Å². The number of nitro benzene ring substituents is 1. The Labute approximate surface area is 163 Å². The molecule has 30 heavy (non-hydrogen) atoms. The Morgan fingerprint density at radius 1 is 1.23 bits per heavy atom. The third kappa shape index (κ3) is 3.52. The molecule has 0 aliphatic heterocycles. The molecule has 0 aliphatic rings. The summed E-state index contributed by atoms with van der Waals surface area (Å²) >= 11 is 0. The summed E-state index contributed by atoms with van der Waals surface area (Å²) in [6.07, 6.45) is -5.21. The van der Waals surface area contributed by atoms with Crippen LogP contribution in [0.1, 0.15) is 23.0 Å². The molecule has 0 saturated heterocycles. The average molecular weight is 424 g/mol. The van der Waals surface area contributed by atoms with Crippen LogP contribution < -0.4 is 11.2 Å². The molecular formula is C17H11F3N4O6. The van der Waals surface area contributed by atoms with Gasteiger partial charge in [0, 0.05) is 11.6 Å². The summed E-state index contributed by atoms with van der Waals surface area (Å²) < 4.78 is 46.0. The van der Waals surface area contributed by atoms with Gasteiger partial charge < -0.3 is 4.74 Å². The Bertz CT molecular complexity index is 1300. The molecule has 156 valence electrons. The lowest BCUT2D eigenvalue weighted by atomic mass is 9.94. The smallest absolute Gasteiger partial charge is 0.434 e. The fraction of sp³-hybridized carbons (Fsp3) is 0.176. The van der Waals surface area contributed by atoms with Crippen molar-refractivity contribution in [3.05, 3.63) is 66.5 Å². The predicted octanol–water partition coefficient (Wildman–Crippen LogP) is 2.38. The third-order valence-corrected chi connectivity index (χ3v) is 4.00. The minimum Gasteiger partial charge on any atom is -0.462 e. The number of hydrogen-bond acceptors (Lipinski definition) is 7. The van der Waals surface area contributed by atoms with Gasteiger partial charge in [0.15, 0.2) is 5.69 Å². The maximum absolute atomic E-state index is 13.8. The Hall–Kier alpha value is -4.03. The molecule has 2 aromatic heterocycles. The number of nitro groups is 1. The SMILES string of the molecule is CCOC(=O)c1c(C(F)(F)F)nc2[nH]c(=O)[nH]c(=O)c2c1-c1ccccc1[N+](=O)[O-]. The van der Waals surface area contributed by atoms with Gasteiger partial charge in [0.2, 0.25) is 0 Å². The van der Waals surface area contributed by atoms with E-state index in [0.717, 1.165) is 12.1 Å². The third-order valence-electron chi connectivity index (χ3n) is 4.00. The minimum absolute atomic E-state index is 0.313. The molecule has 10 nitrogen and oxygen atoms in total. The lowest BCUT2D eigenvalue weighted by Gasteiger charge is -2.17. The van der Waals surface area contributed by atoms with E-state index < -0.39 is 67.4 Å². The quantitative estimate of drug-likeness (QED) is 0.371. The van der Waals surface area contributed by atoms with Crippen molar-refractivity contribution < 1.29 is 27.6 Å². The summed E-state index contributed by atoms with van der Waals surface area (Å²) in [6, 6.07) is 4.59. The first kappa shape index (κ1) is 20.7. The van der Waals surface area contributed by atoms with Gasteiger partial charge in [-0.25, -0.2) is 14.6 Å². The summed E-state index contributed by atoms with van der Waals surface area (Å²) in [4.78, 5) is 54.1. The number of benzene rings is 1. The van der Waals surface area contributed by atoms with Crippen molar-refractivity contribution >= 4 is 22.7 Å². The second kappa shape index (κ2) is 7.42. The van der Waals surface area contributed by atoms with E-state index in [-0.39, 0.29) is 6.61 Å². The number of H-pyrrole nitrogens is 2. The molecule has 0 atom stereocenters. The van der Waals surface area contributed by atoms with Crippen molar-refractivity contribution in [2.75, 3.05) is 6.61 Å². The maximum atomic E-state index is 13.8. The number of esters is 1. The standard InChI is InChI=1S/C17H11F3N4O6/c1-2-30-15(26)10-9(7-5-3-4-6-8(7)24(28)29)11-13(21-12(10)17(18,19)20)22-16(27)23-14(11)25/h3-6H,2H2,1H3,(H2,21,22,23,25,27). The zero-order valence-corrected chi connectivity index (χ0v) is 15.0. The van der Waals surface area contributed by atoms with E-state index in [1.54, 1.807) is 0 Å². The van der Waals surface area contributed by atoms with Gasteiger partial charge >= 0.3 is 17.8 Å². The van der Waals surface area contributed by atoms with Crippen LogP contribution in [0.2, 0.25) is 0 Å². The largest absolute Gasteiger partial charge is 0.462 e. The van der Waals surface area contributed by atoms with Gasteiger partial charge in [0.1, 0.15) is 5.65 Å². The minimum atomic E-state index is -5.21. The molecule has 0 radical (unpaired) electrons. The number of halogens is 3. The predicted molar refractivity (Wildman–Crippen MR) is 96.0 cm³/mol.